The van der Waals surface area contributed by atoms with Gasteiger partial charge < -0.3 is 10.2 Å². The molecular weight excluding hydrogens is 334 g/mol. The molecule has 2 aromatic heterocycles. The Morgan fingerprint density at radius 2 is 2.12 bits per heavy atom. The molecule has 0 radical (unpaired) electrons. The van der Waals surface area contributed by atoms with Crippen molar-refractivity contribution < 1.29 is 4.79 Å². The van der Waals surface area contributed by atoms with Gasteiger partial charge in [0.25, 0.3) is 0 Å². The summed E-state index contributed by atoms with van der Waals surface area (Å²) in [6.07, 6.45) is 9.33. The molecule has 0 unspecified atom stereocenters. The predicted octanol–water partition coefficient (Wildman–Crippen LogP) is 2.32. The largest absolute Gasteiger partial charge is 0.369 e. The van der Waals surface area contributed by atoms with Gasteiger partial charge in [-0.05, 0) is 19.3 Å². The van der Waals surface area contributed by atoms with Crippen molar-refractivity contribution in [1.82, 2.24) is 19.9 Å². The quantitative estimate of drug-likeness (QED) is 0.889. The highest BCUT2D eigenvalue weighted by atomic mass is 32.1. The Balaban J connectivity index is 1.40. The van der Waals surface area contributed by atoms with Gasteiger partial charge in [0.15, 0.2) is 0 Å². The molecule has 0 saturated heterocycles. The molecule has 25 heavy (non-hydrogen) atoms. The number of amides is 1. The fourth-order valence-corrected chi connectivity index (χ4v) is 4.10. The van der Waals surface area contributed by atoms with Crippen molar-refractivity contribution in [3.8, 4) is 0 Å². The van der Waals surface area contributed by atoms with Gasteiger partial charge in [-0.25, -0.2) is 15.0 Å². The van der Waals surface area contributed by atoms with E-state index in [1.807, 2.05) is 16.5 Å². The minimum absolute atomic E-state index is 0.267. The smallest absolute Gasteiger partial charge is 0.225 e. The molecule has 1 saturated carbocycles. The van der Waals surface area contributed by atoms with Crippen molar-refractivity contribution in [2.24, 2.45) is 5.92 Å². The Labute approximate surface area is 151 Å². The number of fused-ring (bicyclic) bond motifs is 1. The van der Waals surface area contributed by atoms with Crippen LogP contribution in [0.4, 0.5) is 5.82 Å². The van der Waals surface area contributed by atoms with Crippen molar-refractivity contribution >= 4 is 23.1 Å². The second-order valence-corrected chi connectivity index (χ2v) is 7.68. The molecule has 6 nitrogen and oxygen atoms in total. The summed E-state index contributed by atoms with van der Waals surface area (Å²) < 4.78 is 0. The highest BCUT2D eigenvalue weighted by Crippen LogP contribution is 2.29. The lowest BCUT2D eigenvalue weighted by molar-refractivity contribution is -0.138. The van der Waals surface area contributed by atoms with Crippen LogP contribution in [0.25, 0.3) is 0 Å². The number of nitrogens with zero attached hydrogens (tertiary/aromatic N) is 4. The van der Waals surface area contributed by atoms with Crippen molar-refractivity contribution in [2.45, 2.75) is 38.5 Å². The number of aromatic nitrogens is 3. The van der Waals surface area contributed by atoms with E-state index in [0.717, 1.165) is 68.3 Å². The highest BCUT2D eigenvalue weighted by molar-refractivity contribution is 7.09. The zero-order chi connectivity index (χ0) is 17.1. The summed E-state index contributed by atoms with van der Waals surface area (Å²) in [4.78, 5) is 27.8. The van der Waals surface area contributed by atoms with Crippen LogP contribution in [0.2, 0.25) is 0 Å². The summed E-state index contributed by atoms with van der Waals surface area (Å²) in [6.45, 7) is 2.36. The van der Waals surface area contributed by atoms with Gasteiger partial charge in [-0.15, -0.1) is 11.3 Å². The van der Waals surface area contributed by atoms with E-state index in [2.05, 4.69) is 20.3 Å². The SMILES string of the molecule is O=C(C1CCC1)N1CCc2ncnc(NCCc3nccs3)c2CC1. The van der Waals surface area contributed by atoms with Gasteiger partial charge in [0, 0.05) is 55.5 Å². The first-order valence-electron chi connectivity index (χ1n) is 9.05. The number of thiazole rings is 1. The summed E-state index contributed by atoms with van der Waals surface area (Å²) >= 11 is 1.68. The molecule has 7 heteroatoms. The second kappa shape index (κ2) is 7.47. The maximum atomic E-state index is 12.5. The van der Waals surface area contributed by atoms with Crippen molar-refractivity contribution in [1.29, 1.82) is 0 Å². The van der Waals surface area contributed by atoms with E-state index < -0.39 is 0 Å². The Morgan fingerprint density at radius 3 is 2.88 bits per heavy atom. The minimum atomic E-state index is 0.267. The molecule has 2 aromatic rings. The van der Waals surface area contributed by atoms with Crippen LogP contribution in [-0.2, 0) is 24.1 Å². The first-order chi connectivity index (χ1) is 12.3. The van der Waals surface area contributed by atoms with Gasteiger partial charge >= 0.3 is 0 Å². The zero-order valence-electron chi connectivity index (χ0n) is 14.3. The normalized spacial score (nSPS) is 17.5. The van der Waals surface area contributed by atoms with Gasteiger partial charge in [-0.3, -0.25) is 4.79 Å². The molecule has 0 atom stereocenters. The molecule has 0 spiro atoms. The van der Waals surface area contributed by atoms with E-state index in [-0.39, 0.29) is 5.92 Å². The van der Waals surface area contributed by atoms with Crippen molar-refractivity contribution in [3.63, 3.8) is 0 Å². The van der Waals surface area contributed by atoms with Crippen LogP contribution in [0, 0.1) is 5.92 Å². The Kier molecular flexibility index (Phi) is 4.92. The molecule has 4 rings (SSSR count). The molecule has 1 aliphatic heterocycles. The highest BCUT2D eigenvalue weighted by Gasteiger charge is 2.30. The number of anilines is 1. The molecule has 0 bridgehead atoms. The summed E-state index contributed by atoms with van der Waals surface area (Å²) in [7, 11) is 0. The van der Waals surface area contributed by atoms with Gasteiger partial charge in [-0.1, -0.05) is 6.42 Å². The third-order valence-electron chi connectivity index (χ3n) is 5.17. The maximum absolute atomic E-state index is 12.5. The third-order valence-corrected chi connectivity index (χ3v) is 6.01. The van der Waals surface area contributed by atoms with Crippen LogP contribution >= 0.6 is 11.3 Å². The van der Waals surface area contributed by atoms with Gasteiger partial charge in [0.1, 0.15) is 12.1 Å². The summed E-state index contributed by atoms with van der Waals surface area (Å²) in [5, 5.41) is 6.57. The van der Waals surface area contributed by atoms with E-state index in [9.17, 15) is 4.79 Å². The Morgan fingerprint density at radius 1 is 1.24 bits per heavy atom. The monoisotopic (exact) mass is 357 g/mol. The fourth-order valence-electron chi connectivity index (χ4n) is 3.48. The molecule has 1 fully saturated rings. The molecular formula is C18H23N5OS. The fraction of sp³-hybridized carbons (Fsp3) is 0.556. The van der Waals surface area contributed by atoms with Crippen molar-refractivity contribution in [3.05, 3.63) is 34.2 Å². The van der Waals surface area contributed by atoms with Crippen LogP contribution in [0.5, 0.6) is 0 Å². The average Bonchev–Trinajstić information content (AvgIpc) is 2.98. The second-order valence-electron chi connectivity index (χ2n) is 6.70. The van der Waals surface area contributed by atoms with Crippen LogP contribution in [0.1, 0.15) is 35.5 Å². The van der Waals surface area contributed by atoms with E-state index in [4.69, 9.17) is 0 Å². The molecule has 132 valence electrons. The molecule has 1 aliphatic carbocycles. The number of carbonyl (C=O) groups is 1. The van der Waals surface area contributed by atoms with E-state index in [1.54, 1.807) is 17.7 Å². The number of hydrogen-bond acceptors (Lipinski definition) is 6. The van der Waals surface area contributed by atoms with Gasteiger partial charge in [-0.2, -0.15) is 0 Å². The molecule has 2 aliphatic rings. The minimum Gasteiger partial charge on any atom is -0.369 e. The average molecular weight is 357 g/mol. The zero-order valence-corrected chi connectivity index (χ0v) is 15.1. The Hall–Kier alpha value is -2.02. The van der Waals surface area contributed by atoms with Crippen LogP contribution in [0.15, 0.2) is 17.9 Å². The molecule has 3 heterocycles. The summed E-state index contributed by atoms with van der Waals surface area (Å²) in [6, 6.07) is 0. The van der Waals surface area contributed by atoms with Gasteiger partial charge in [0.2, 0.25) is 5.91 Å². The number of carbonyl (C=O) groups excluding carboxylic acids is 1. The van der Waals surface area contributed by atoms with Crippen LogP contribution in [-0.4, -0.2) is 45.4 Å². The number of nitrogens with one attached hydrogen (secondary N) is 1. The first kappa shape index (κ1) is 16.4. The lowest BCUT2D eigenvalue weighted by Crippen LogP contribution is -2.40. The predicted molar refractivity (Wildman–Crippen MR) is 97.7 cm³/mol. The molecule has 0 aromatic carbocycles. The molecule has 1 amide bonds. The van der Waals surface area contributed by atoms with Crippen molar-refractivity contribution in [2.75, 3.05) is 25.0 Å². The van der Waals surface area contributed by atoms with Crippen LogP contribution in [0.3, 0.4) is 0 Å². The van der Waals surface area contributed by atoms with E-state index in [1.165, 1.54) is 12.0 Å². The topological polar surface area (TPSA) is 71.0 Å². The molecule has 1 N–H and O–H groups in total. The summed E-state index contributed by atoms with van der Waals surface area (Å²) in [5.74, 6) is 1.52. The van der Waals surface area contributed by atoms with Crippen LogP contribution < -0.4 is 5.32 Å². The van der Waals surface area contributed by atoms with E-state index in [0.29, 0.717) is 5.91 Å². The first-order valence-corrected chi connectivity index (χ1v) is 9.93. The van der Waals surface area contributed by atoms with E-state index >= 15 is 0 Å². The lowest BCUT2D eigenvalue weighted by atomic mass is 9.84. The standard InChI is InChI=1S/C18H23N5OS/c24-18(13-2-1-3-13)23-9-5-14-15(6-10-23)21-12-22-17(14)20-7-4-16-19-8-11-25-16/h8,11-13H,1-7,9-10H2,(H,20,21,22). The maximum Gasteiger partial charge on any atom is 0.225 e. The van der Waals surface area contributed by atoms with Gasteiger partial charge in [0.05, 0.1) is 10.7 Å². The summed E-state index contributed by atoms with van der Waals surface area (Å²) in [5.41, 5.74) is 2.25. The third kappa shape index (κ3) is 3.66. The Bertz CT molecular complexity index is 729. The lowest BCUT2D eigenvalue weighted by Gasteiger charge is -2.30. The number of rotatable bonds is 5. The number of hydrogen-bond donors (Lipinski definition) is 1.